The van der Waals surface area contributed by atoms with Crippen molar-refractivity contribution in [1.29, 1.82) is 0 Å². The Labute approximate surface area is 197 Å². The lowest BCUT2D eigenvalue weighted by Crippen LogP contribution is -2.16. The minimum Gasteiger partial charge on any atom is -0.497 e. The summed E-state index contributed by atoms with van der Waals surface area (Å²) in [4.78, 5) is 10.3. The topological polar surface area (TPSA) is 132 Å². The molecule has 178 valence electrons. The maximum Gasteiger partial charge on any atom is 0.270 e. The first-order valence-corrected chi connectivity index (χ1v) is 11.6. The number of rotatable bonds is 10. The Bertz CT molecular complexity index is 1310. The third-order valence-electron chi connectivity index (χ3n) is 4.80. The number of non-ortho nitro benzene ring substituents is 1. The van der Waals surface area contributed by atoms with E-state index in [0.29, 0.717) is 17.9 Å². The van der Waals surface area contributed by atoms with E-state index in [4.69, 9.17) is 9.47 Å². The molecule has 3 rings (SSSR count). The average Bonchev–Trinajstić information content (AvgIpc) is 2.83. The minimum absolute atomic E-state index is 0.0853. The van der Waals surface area contributed by atoms with Gasteiger partial charge in [0.15, 0.2) is 0 Å². The van der Waals surface area contributed by atoms with Crippen LogP contribution in [0.4, 0.5) is 17.1 Å². The number of methoxy groups -OCH3 is 2. The highest BCUT2D eigenvalue weighted by Crippen LogP contribution is 2.31. The summed E-state index contributed by atoms with van der Waals surface area (Å²) in [6.45, 7) is 1.78. The maximum atomic E-state index is 13.2. The molecule has 0 atom stereocenters. The van der Waals surface area contributed by atoms with Gasteiger partial charge >= 0.3 is 0 Å². The van der Waals surface area contributed by atoms with Crippen LogP contribution in [0.1, 0.15) is 12.5 Å². The van der Waals surface area contributed by atoms with Crippen LogP contribution in [-0.2, 0) is 16.4 Å². The molecule has 10 nitrogen and oxygen atoms in total. The normalized spacial score (nSPS) is 11.6. The molecule has 3 aromatic carbocycles. The van der Waals surface area contributed by atoms with E-state index in [1.54, 1.807) is 32.2 Å². The molecule has 0 saturated carbocycles. The third-order valence-corrected chi connectivity index (χ3v) is 6.21. The number of ether oxygens (including phenoxy) is 2. The Hall–Kier alpha value is -4.12. The van der Waals surface area contributed by atoms with E-state index >= 15 is 0 Å². The number of anilines is 2. The predicted octanol–water partition coefficient (Wildman–Crippen LogP) is 4.44. The van der Waals surface area contributed by atoms with Crippen LogP contribution in [0.2, 0.25) is 0 Å². The summed E-state index contributed by atoms with van der Waals surface area (Å²) < 4.78 is 39.1. The van der Waals surface area contributed by atoms with E-state index in [1.807, 2.05) is 24.3 Å². The van der Waals surface area contributed by atoms with E-state index < -0.39 is 14.9 Å². The van der Waals surface area contributed by atoms with Crippen molar-refractivity contribution in [2.45, 2.75) is 18.2 Å². The number of para-hydroxylation sites is 2. The molecule has 0 fully saturated rings. The van der Waals surface area contributed by atoms with Crippen LogP contribution >= 0.6 is 0 Å². The molecule has 0 radical (unpaired) electrons. The molecule has 0 aromatic heterocycles. The molecule has 0 unspecified atom stereocenters. The SMILES string of the molecule is COc1ccc(C/C(C)=N\Nc2ccc([N+](=O)[O-])cc2S(=O)(=O)Nc2ccccc2OC)cc1. The Balaban J connectivity index is 1.90. The molecular formula is C23H24N4O6S. The van der Waals surface area contributed by atoms with E-state index in [9.17, 15) is 18.5 Å². The van der Waals surface area contributed by atoms with Crippen molar-refractivity contribution in [1.82, 2.24) is 0 Å². The van der Waals surface area contributed by atoms with Crippen LogP contribution in [0.25, 0.3) is 0 Å². The van der Waals surface area contributed by atoms with Gasteiger partial charge in [0.05, 0.1) is 30.5 Å². The van der Waals surface area contributed by atoms with Crippen molar-refractivity contribution in [3.8, 4) is 11.5 Å². The molecule has 0 aliphatic carbocycles. The van der Waals surface area contributed by atoms with Gasteiger partial charge in [0, 0.05) is 24.3 Å². The molecule has 0 bridgehead atoms. The second-order valence-electron chi connectivity index (χ2n) is 7.23. The highest BCUT2D eigenvalue weighted by Gasteiger charge is 2.24. The first kappa shape index (κ1) is 24.5. The van der Waals surface area contributed by atoms with Crippen LogP contribution in [0, 0.1) is 10.1 Å². The first-order chi connectivity index (χ1) is 16.2. The van der Waals surface area contributed by atoms with E-state index in [-0.39, 0.29) is 22.0 Å². The molecule has 0 heterocycles. The van der Waals surface area contributed by atoms with Crippen LogP contribution in [0.15, 0.2) is 76.7 Å². The Morgan fingerprint density at radius 3 is 2.35 bits per heavy atom. The zero-order valence-electron chi connectivity index (χ0n) is 18.8. The summed E-state index contributed by atoms with van der Waals surface area (Å²) in [5, 5.41) is 15.5. The van der Waals surface area contributed by atoms with Gasteiger partial charge in [-0.05, 0) is 42.8 Å². The predicted molar refractivity (Wildman–Crippen MR) is 130 cm³/mol. The molecule has 0 aliphatic rings. The van der Waals surface area contributed by atoms with Crippen LogP contribution in [-0.4, -0.2) is 33.3 Å². The second kappa shape index (κ2) is 10.7. The number of hydrogen-bond acceptors (Lipinski definition) is 8. The fourth-order valence-corrected chi connectivity index (χ4v) is 4.35. The molecule has 0 spiro atoms. The van der Waals surface area contributed by atoms with Gasteiger partial charge in [0.25, 0.3) is 15.7 Å². The Kier molecular flexibility index (Phi) is 7.69. The van der Waals surface area contributed by atoms with Crippen LogP contribution < -0.4 is 19.6 Å². The number of nitrogens with zero attached hydrogens (tertiary/aromatic N) is 2. The van der Waals surface area contributed by atoms with Gasteiger partial charge in [-0.25, -0.2) is 8.42 Å². The number of nitro benzene ring substituents is 1. The van der Waals surface area contributed by atoms with E-state index in [0.717, 1.165) is 17.4 Å². The quantitative estimate of drug-likeness (QED) is 0.247. The lowest BCUT2D eigenvalue weighted by molar-refractivity contribution is -0.385. The van der Waals surface area contributed by atoms with Crippen molar-refractivity contribution >= 4 is 32.8 Å². The van der Waals surface area contributed by atoms with E-state index in [2.05, 4.69) is 15.2 Å². The number of hydrogen-bond donors (Lipinski definition) is 2. The summed E-state index contributed by atoms with van der Waals surface area (Å²) >= 11 is 0. The molecule has 0 amide bonds. The van der Waals surface area contributed by atoms with Gasteiger partial charge in [-0.15, -0.1) is 0 Å². The molecule has 0 saturated heterocycles. The van der Waals surface area contributed by atoms with Crippen LogP contribution in [0.5, 0.6) is 11.5 Å². The van der Waals surface area contributed by atoms with Crippen molar-refractivity contribution in [2.24, 2.45) is 5.10 Å². The summed E-state index contributed by atoms with van der Waals surface area (Å²) in [6, 6.07) is 17.4. The van der Waals surface area contributed by atoms with Crippen molar-refractivity contribution in [3.05, 3.63) is 82.4 Å². The van der Waals surface area contributed by atoms with Crippen molar-refractivity contribution < 1.29 is 22.8 Å². The number of nitrogens with one attached hydrogen (secondary N) is 2. The Morgan fingerprint density at radius 1 is 1.00 bits per heavy atom. The van der Waals surface area contributed by atoms with Gasteiger partial charge < -0.3 is 9.47 Å². The lowest BCUT2D eigenvalue weighted by atomic mass is 10.1. The molecule has 2 N–H and O–H groups in total. The Morgan fingerprint density at radius 2 is 1.71 bits per heavy atom. The summed E-state index contributed by atoms with van der Waals surface area (Å²) in [5.41, 5.74) is 4.30. The number of nitro groups is 1. The first-order valence-electron chi connectivity index (χ1n) is 10.1. The standard InChI is InChI=1S/C23H24N4O6S/c1-16(14-17-8-11-19(32-2)12-9-17)24-25-21-13-10-18(27(28)29)15-23(21)34(30,31)26-20-6-4-5-7-22(20)33-3/h4-13,15,25-26H,14H2,1-3H3/b24-16-. The van der Waals surface area contributed by atoms with Gasteiger partial charge in [0.1, 0.15) is 16.4 Å². The second-order valence-corrected chi connectivity index (χ2v) is 8.88. The minimum atomic E-state index is -4.23. The number of hydrazone groups is 1. The zero-order valence-corrected chi connectivity index (χ0v) is 19.6. The molecule has 0 aliphatic heterocycles. The fourth-order valence-electron chi connectivity index (χ4n) is 3.10. The third kappa shape index (κ3) is 6.01. The summed E-state index contributed by atoms with van der Waals surface area (Å²) in [5.74, 6) is 1.04. The summed E-state index contributed by atoms with van der Waals surface area (Å²) in [7, 11) is -1.23. The monoisotopic (exact) mass is 484 g/mol. The molecular weight excluding hydrogens is 460 g/mol. The highest BCUT2D eigenvalue weighted by molar-refractivity contribution is 7.93. The number of sulfonamides is 1. The summed E-state index contributed by atoms with van der Waals surface area (Å²) in [6.07, 6.45) is 0.505. The van der Waals surface area contributed by atoms with Crippen LogP contribution in [0.3, 0.4) is 0 Å². The molecule has 3 aromatic rings. The van der Waals surface area contributed by atoms with Gasteiger partial charge in [-0.3, -0.25) is 20.3 Å². The van der Waals surface area contributed by atoms with Gasteiger partial charge in [0.2, 0.25) is 0 Å². The lowest BCUT2D eigenvalue weighted by Gasteiger charge is -2.14. The molecule has 34 heavy (non-hydrogen) atoms. The zero-order chi connectivity index (χ0) is 24.7. The number of benzene rings is 3. The maximum absolute atomic E-state index is 13.2. The fraction of sp³-hybridized carbons (Fsp3) is 0.174. The van der Waals surface area contributed by atoms with Crippen molar-refractivity contribution in [2.75, 3.05) is 24.4 Å². The van der Waals surface area contributed by atoms with Crippen molar-refractivity contribution in [3.63, 3.8) is 0 Å². The smallest absolute Gasteiger partial charge is 0.270 e. The van der Waals surface area contributed by atoms with Gasteiger partial charge in [-0.1, -0.05) is 24.3 Å². The molecule has 11 heteroatoms. The highest BCUT2D eigenvalue weighted by atomic mass is 32.2. The van der Waals surface area contributed by atoms with E-state index in [1.165, 1.54) is 25.3 Å². The average molecular weight is 485 g/mol. The largest absolute Gasteiger partial charge is 0.497 e. The van der Waals surface area contributed by atoms with Gasteiger partial charge in [-0.2, -0.15) is 5.10 Å².